The lowest BCUT2D eigenvalue weighted by molar-refractivity contribution is -0.113. The number of aromatic nitrogens is 3. The number of carbonyl (C=O) groups is 2. The molecule has 0 saturated heterocycles. The summed E-state index contributed by atoms with van der Waals surface area (Å²) in [5.74, 6) is 1.95. The zero-order valence-corrected chi connectivity index (χ0v) is 24.3. The molecule has 4 rings (SSSR count). The molecular weight excluding hydrogens is 540 g/mol. The molecule has 1 atom stereocenters. The number of allylic oxidation sites excluding steroid dienone is 1. The van der Waals surface area contributed by atoms with Crippen LogP contribution in [0, 0.1) is 5.92 Å². The first-order valence-corrected chi connectivity index (χ1v) is 14.1. The molecule has 1 aliphatic rings. The highest BCUT2D eigenvalue weighted by Crippen LogP contribution is 2.42. The van der Waals surface area contributed by atoms with Crippen LogP contribution >= 0.6 is 23.1 Å². The summed E-state index contributed by atoms with van der Waals surface area (Å²) in [4.78, 5) is 26.7. The predicted molar refractivity (Wildman–Crippen MR) is 152 cm³/mol. The van der Waals surface area contributed by atoms with Crippen LogP contribution < -0.4 is 19.5 Å². The second-order valence-corrected chi connectivity index (χ2v) is 11.1. The Morgan fingerprint density at radius 3 is 2.51 bits per heavy atom. The van der Waals surface area contributed by atoms with Crippen molar-refractivity contribution in [3.63, 3.8) is 0 Å². The van der Waals surface area contributed by atoms with E-state index in [1.54, 1.807) is 39.5 Å². The highest BCUT2D eigenvalue weighted by Gasteiger charge is 2.29. The third-order valence-electron chi connectivity index (χ3n) is 6.44. The van der Waals surface area contributed by atoms with Crippen LogP contribution in [0.15, 0.2) is 29.9 Å². The Kier molecular flexibility index (Phi) is 9.18. The molecule has 0 bridgehead atoms. The Bertz CT molecular complexity index is 1360. The number of thiophene rings is 1. The fourth-order valence-corrected chi connectivity index (χ4v) is 6.73. The molecule has 0 aliphatic heterocycles. The van der Waals surface area contributed by atoms with Crippen LogP contribution in [0.5, 0.6) is 17.2 Å². The van der Waals surface area contributed by atoms with Gasteiger partial charge >= 0.3 is 5.97 Å². The van der Waals surface area contributed by atoms with E-state index in [0.29, 0.717) is 56.8 Å². The number of thioether (sulfide) groups is 1. The second kappa shape index (κ2) is 12.6. The van der Waals surface area contributed by atoms with E-state index in [2.05, 4.69) is 29.0 Å². The fourth-order valence-electron chi connectivity index (χ4n) is 4.56. The molecule has 1 aliphatic carbocycles. The second-order valence-electron chi connectivity index (χ2n) is 9.00. The molecule has 1 N–H and O–H groups in total. The molecule has 2 heterocycles. The van der Waals surface area contributed by atoms with Crippen LogP contribution in [0.2, 0.25) is 0 Å². The summed E-state index contributed by atoms with van der Waals surface area (Å²) in [5, 5.41) is 12.7. The molecule has 1 amide bonds. The highest BCUT2D eigenvalue weighted by atomic mass is 32.2. The zero-order valence-electron chi connectivity index (χ0n) is 22.7. The number of nitrogens with one attached hydrogen (secondary N) is 1. The number of methoxy groups -OCH3 is 4. The first-order chi connectivity index (χ1) is 18.8. The standard InChI is InChI=1S/C27H32N4O6S2/c1-7-10-31-24(16-12-18(34-3)23(36-5)19(13-16)35-4)29-30-27(31)38-14-21(32)28-25-22(26(33)37-6)17-9-8-15(2)11-20(17)39-25/h7,12-13,15H,1,8-11,14H2,2-6H3,(H,28,32). The Balaban J connectivity index is 1.56. The molecule has 208 valence electrons. The lowest BCUT2D eigenvalue weighted by Gasteiger charge is -2.18. The van der Waals surface area contributed by atoms with Gasteiger partial charge in [0.15, 0.2) is 22.5 Å². The van der Waals surface area contributed by atoms with Gasteiger partial charge < -0.3 is 24.3 Å². The maximum Gasteiger partial charge on any atom is 0.341 e. The van der Waals surface area contributed by atoms with E-state index >= 15 is 0 Å². The molecule has 39 heavy (non-hydrogen) atoms. The quantitative estimate of drug-likeness (QED) is 0.195. The molecule has 0 saturated carbocycles. The summed E-state index contributed by atoms with van der Waals surface area (Å²) in [6.07, 6.45) is 4.43. The molecule has 2 aromatic heterocycles. The van der Waals surface area contributed by atoms with E-state index in [9.17, 15) is 9.59 Å². The van der Waals surface area contributed by atoms with Crippen LogP contribution in [0.4, 0.5) is 5.00 Å². The van der Waals surface area contributed by atoms with Crippen LogP contribution in [0.3, 0.4) is 0 Å². The van der Waals surface area contributed by atoms with Crippen LogP contribution in [-0.4, -0.2) is 60.8 Å². The molecule has 1 aromatic carbocycles. The summed E-state index contributed by atoms with van der Waals surface area (Å²) in [5.41, 5.74) is 2.17. The van der Waals surface area contributed by atoms with E-state index in [-0.39, 0.29) is 11.7 Å². The molecular formula is C27H32N4O6S2. The Morgan fingerprint density at radius 2 is 1.90 bits per heavy atom. The lowest BCUT2D eigenvalue weighted by Crippen LogP contribution is -2.17. The number of hydrogen-bond donors (Lipinski definition) is 1. The van der Waals surface area contributed by atoms with Gasteiger partial charge in [-0.3, -0.25) is 9.36 Å². The predicted octanol–water partition coefficient (Wildman–Crippen LogP) is 4.86. The molecule has 1 unspecified atom stereocenters. The van der Waals surface area contributed by atoms with Gasteiger partial charge in [0.25, 0.3) is 0 Å². The molecule has 10 nitrogen and oxygen atoms in total. The number of amides is 1. The van der Waals surface area contributed by atoms with Crippen molar-refractivity contribution >= 4 is 40.0 Å². The summed E-state index contributed by atoms with van der Waals surface area (Å²) in [6.45, 7) is 6.47. The van der Waals surface area contributed by atoms with E-state index in [1.807, 2.05) is 4.57 Å². The molecule has 12 heteroatoms. The third kappa shape index (κ3) is 5.91. The number of ether oxygens (including phenoxy) is 4. The summed E-state index contributed by atoms with van der Waals surface area (Å²) in [6, 6.07) is 3.58. The monoisotopic (exact) mass is 572 g/mol. The first kappa shape index (κ1) is 28.5. The Labute approximate surface area is 235 Å². The summed E-state index contributed by atoms with van der Waals surface area (Å²) < 4.78 is 23.3. The van der Waals surface area contributed by atoms with Gasteiger partial charge in [-0.15, -0.1) is 28.1 Å². The van der Waals surface area contributed by atoms with Crippen molar-refractivity contribution in [2.24, 2.45) is 5.92 Å². The van der Waals surface area contributed by atoms with Crippen molar-refractivity contribution in [2.45, 2.75) is 37.9 Å². The Hall–Kier alpha value is -3.51. The van der Waals surface area contributed by atoms with Crippen molar-refractivity contribution in [1.29, 1.82) is 0 Å². The van der Waals surface area contributed by atoms with Crippen molar-refractivity contribution < 1.29 is 28.5 Å². The van der Waals surface area contributed by atoms with E-state index in [0.717, 1.165) is 29.7 Å². The average Bonchev–Trinajstić information content (AvgIpc) is 3.50. The molecule has 0 radical (unpaired) electrons. The average molecular weight is 573 g/mol. The van der Waals surface area contributed by atoms with Crippen LogP contribution in [0.1, 0.15) is 34.1 Å². The maximum absolute atomic E-state index is 13.0. The Morgan fingerprint density at radius 1 is 1.18 bits per heavy atom. The normalized spacial score (nSPS) is 14.3. The topological polar surface area (TPSA) is 114 Å². The minimum atomic E-state index is -0.425. The van der Waals surface area contributed by atoms with E-state index < -0.39 is 5.97 Å². The van der Waals surface area contributed by atoms with Gasteiger partial charge in [-0.1, -0.05) is 24.8 Å². The fraction of sp³-hybridized carbons (Fsp3) is 0.407. The highest BCUT2D eigenvalue weighted by molar-refractivity contribution is 7.99. The van der Waals surface area contributed by atoms with Crippen molar-refractivity contribution in [3.05, 3.63) is 40.8 Å². The number of benzene rings is 1. The smallest absolute Gasteiger partial charge is 0.341 e. The number of anilines is 1. The number of esters is 1. The molecule has 3 aromatic rings. The summed E-state index contributed by atoms with van der Waals surface area (Å²) >= 11 is 2.70. The number of rotatable bonds is 11. The van der Waals surface area contributed by atoms with Gasteiger partial charge in [-0.05, 0) is 42.9 Å². The van der Waals surface area contributed by atoms with Gasteiger partial charge in [0.1, 0.15) is 5.00 Å². The largest absolute Gasteiger partial charge is 0.493 e. The van der Waals surface area contributed by atoms with Crippen LogP contribution in [-0.2, 0) is 28.9 Å². The first-order valence-electron chi connectivity index (χ1n) is 12.3. The maximum atomic E-state index is 13.0. The summed E-state index contributed by atoms with van der Waals surface area (Å²) in [7, 11) is 5.99. The van der Waals surface area contributed by atoms with Gasteiger partial charge in [0.05, 0.1) is 39.8 Å². The third-order valence-corrected chi connectivity index (χ3v) is 8.57. The van der Waals surface area contributed by atoms with Crippen molar-refractivity contribution in [1.82, 2.24) is 14.8 Å². The lowest BCUT2D eigenvalue weighted by atomic mass is 9.88. The number of nitrogens with zero attached hydrogens (tertiary/aromatic N) is 3. The molecule has 0 fully saturated rings. The minimum absolute atomic E-state index is 0.0735. The van der Waals surface area contributed by atoms with E-state index in [4.69, 9.17) is 18.9 Å². The van der Waals surface area contributed by atoms with E-state index in [1.165, 1.54) is 30.2 Å². The van der Waals surface area contributed by atoms with Gasteiger partial charge in [-0.25, -0.2) is 4.79 Å². The molecule has 0 spiro atoms. The zero-order chi connectivity index (χ0) is 28.1. The number of carbonyl (C=O) groups excluding carboxylic acids is 2. The minimum Gasteiger partial charge on any atom is -0.493 e. The van der Waals surface area contributed by atoms with Crippen molar-refractivity contribution in [2.75, 3.05) is 39.5 Å². The van der Waals surface area contributed by atoms with Crippen molar-refractivity contribution in [3.8, 4) is 28.6 Å². The number of hydrogen-bond acceptors (Lipinski definition) is 10. The SMILES string of the molecule is C=CCn1c(SCC(=O)Nc2sc3c(c2C(=O)OC)CCC(C)C3)nnc1-c1cc(OC)c(OC)c(OC)c1. The van der Waals surface area contributed by atoms with Gasteiger partial charge in [-0.2, -0.15) is 0 Å². The van der Waals surface area contributed by atoms with Gasteiger partial charge in [0, 0.05) is 17.0 Å². The van der Waals surface area contributed by atoms with Crippen LogP contribution in [0.25, 0.3) is 11.4 Å². The van der Waals surface area contributed by atoms with Gasteiger partial charge in [0.2, 0.25) is 11.7 Å². The number of fused-ring (bicyclic) bond motifs is 1.